The Hall–Kier alpha value is -1.07. The molecule has 5 heteroatoms. The van der Waals surface area contributed by atoms with Crippen molar-refractivity contribution in [1.82, 2.24) is 10.6 Å². The molecule has 1 aromatic rings. The van der Waals surface area contributed by atoms with Gasteiger partial charge in [0.15, 0.2) is 0 Å². The van der Waals surface area contributed by atoms with E-state index >= 15 is 0 Å². The summed E-state index contributed by atoms with van der Waals surface area (Å²) in [5.41, 5.74) is 0. The Labute approximate surface area is 123 Å². The number of rotatable bonds is 9. The Morgan fingerprint density at radius 3 is 2.63 bits per heavy atom. The summed E-state index contributed by atoms with van der Waals surface area (Å²) >= 11 is 3.37. The molecule has 0 aliphatic heterocycles. The molecule has 2 N–H and O–H groups in total. The van der Waals surface area contributed by atoms with Gasteiger partial charge in [-0.2, -0.15) is 0 Å². The molecular formula is C14H21BrN2O2. The van der Waals surface area contributed by atoms with Crippen LogP contribution in [0.4, 0.5) is 0 Å². The standard InChI is InChI=1S/C14H21BrN2O2/c1-2-8-17-14(18)7-9-16-10-11-19-13-5-3-12(15)4-6-13/h3-6,16H,2,7-11H2,1H3,(H,17,18). The lowest BCUT2D eigenvalue weighted by molar-refractivity contribution is -0.120. The lowest BCUT2D eigenvalue weighted by Crippen LogP contribution is -2.29. The number of nitrogens with one attached hydrogen (secondary N) is 2. The van der Waals surface area contributed by atoms with E-state index in [2.05, 4.69) is 26.6 Å². The summed E-state index contributed by atoms with van der Waals surface area (Å²) in [7, 11) is 0. The Bertz CT molecular complexity index is 368. The molecule has 0 saturated carbocycles. The van der Waals surface area contributed by atoms with Crippen LogP contribution in [0.15, 0.2) is 28.7 Å². The highest BCUT2D eigenvalue weighted by atomic mass is 79.9. The molecule has 1 amide bonds. The van der Waals surface area contributed by atoms with Gasteiger partial charge in [-0.3, -0.25) is 4.79 Å². The molecule has 0 aliphatic rings. The SMILES string of the molecule is CCCNC(=O)CCNCCOc1ccc(Br)cc1. The van der Waals surface area contributed by atoms with Crippen molar-refractivity contribution in [1.29, 1.82) is 0 Å². The summed E-state index contributed by atoms with van der Waals surface area (Å²) in [6, 6.07) is 7.73. The molecule has 1 rings (SSSR count). The number of carbonyl (C=O) groups excluding carboxylic acids is 1. The van der Waals surface area contributed by atoms with E-state index in [1.807, 2.05) is 31.2 Å². The highest BCUT2D eigenvalue weighted by molar-refractivity contribution is 9.10. The number of halogens is 1. The molecule has 0 spiro atoms. The van der Waals surface area contributed by atoms with Crippen LogP contribution in [0.1, 0.15) is 19.8 Å². The van der Waals surface area contributed by atoms with Gasteiger partial charge in [0.25, 0.3) is 0 Å². The third kappa shape index (κ3) is 7.85. The fraction of sp³-hybridized carbons (Fsp3) is 0.500. The summed E-state index contributed by atoms with van der Waals surface area (Å²) < 4.78 is 6.59. The first-order valence-corrected chi connectivity index (χ1v) is 7.37. The van der Waals surface area contributed by atoms with Crippen LogP contribution in [0.2, 0.25) is 0 Å². The normalized spacial score (nSPS) is 10.2. The van der Waals surface area contributed by atoms with Crippen molar-refractivity contribution in [3.8, 4) is 5.75 Å². The van der Waals surface area contributed by atoms with Crippen LogP contribution in [0.3, 0.4) is 0 Å². The van der Waals surface area contributed by atoms with Crippen molar-refractivity contribution in [2.45, 2.75) is 19.8 Å². The molecule has 0 radical (unpaired) electrons. The maximum absolute atomic E-state index is 11.3. The Morgan fingerprint density at radius 1 is 1.21 bits per heavy atom. The maximum atomic E-state index is 11.3. The highest BCUT2D eigenvalue weighted by Crippen LogP contribution is 2.15. The van der Waals surface area contributed by atoms with Crippen molar-refractivity contribution in [2.75, 3.05) is 26.2 Å². The average molecular weight is 329 g/mol. The maximum Gasteiger partial charge on any atom is 0.221 e. The quantitative estimate of drug-likeness (QED) is 0.684. The zero-order valence-corrected chi connectivity index (χ0v) is 12.8. The van der Waals surface area contributed by atoms with Gasteiger partial charge in [0, 0.05) is 30.5 Å². The van der Waals surface area contributed by atoms with E-state index in [9.17, 15) is 4.79 Å². The van der Waals surface area contributed by atoms with Gasteiger partial charge in [-0.15, -0.1) is 0 Å². The van der Waals surface area contributed by atoms with E-state index in [0.29, 0.717) is 19.6 Å². The largest absolute Gasteiger partial charge is 0.492 e. The van der Waals surface area contributed by atoms with Crippen molar-refractivity contribution in [3.63, 3.8) is 0 Å². The van der Waals surface area contributed by atoms with Crippen LogP contribution in [0.5, 0.6) is 5.75 Å². The predicted molar refractivity (Wildman–Crippen MR) is 80.4 cm³/mol. The van der Waals surface area contributed by atoms with Gasteiger partial charge in [-0.25, -0.2) is 0 Å². The van der Waals surface area contributed by atoms with Gasteiger partial charge in [-0.05, 0) is 30.7 Å². The number of benzene rings is 1. The molecule has 106 valence electrons. The lowest BCUT2D eigenvalue weighted by atomic mass is 10.3. The molecule has 0 bridgehead atoms. The van der Waals surface area contributed by atoms with Gasteiger partial charge in [0.1, 0.15) is 12.4 Å². The fourth-order valence-electron chi connectivity index (χ4n) is 1.45. The molecule has 0 heterocycles. The fourth-order valence-corrected chi connectivity index (χ4v) is 1.72. The second kappa shape index (κ2) is 9.81. The van der Waals surface area contributed by atoms with Gasteiger partial charge in [-0.1, -0.05) is 22.9 Å². The molecule has 4 nitrogen and oxygen atoms in total. The molecule has 0 fully saturated rings. The van der Waals surface area contributed by atoms with Crippen LogP contribution in [-0.4, -0.2) is 32.1 Å². The molecular weight excluding hydrogens is 308 g/mol. The van der Waals surface area contributed by atoms with E-state index in [-0.39, 0.29) is 5.91 Å². The first-order chi connectivity index (χ1) is 9.22. The monoisotopic (exact) mass is 328 g/mol. The van der Waals surface area contributed by atoms with Gasteiger partial charge >= 0.3 is 0 Å². The van der Waals surface area contributed by atoms with Crippen molar-refractivity contribution < 1.29 is 9.53 Å². The van der Waals surface area contributed by atoms with Gasteiger partial charge in [0.05, 0.1) is 0 Å². The summed E-state index contributed by atoms with van der Waals surface area (Å²) in [5, 5.41) is 6.02. The summed E-state index contributed by atoms with van der Waals surface area (Å²) in [5.74, 6) is 0.953. The van der Waals surface area contributed by atoms with Crippen LogP contribution in [0, 0.1) is 0 Å². The third-order valence-corrected chi connectivity index (χ3v) is 2.99. The third-order valence-electron chi connectivity index (χ3n) is 2.46. The first kappa shape index (κ1) is 16.0. The smallest absolute Gasteiger partial charge is 0.221 e. The lowest BCUT2D eigenvalue weighted by Gasteiger charge is -2.08. The molecule has 0 atom stereocenters. The minimum Gasteiger partial charge on any atom is -0.492 e. The average Bonchev–Trinajstić information content (AvgIpc) is 2.42. The van der Waals surface area contributed by atoms with Crippen molar-refractivity contribution >= 4 is 21.8 Å². The summed E-state index contributed by atoms with van der Waals surface area (Å²) in [6.07, 6.45) is 1.48. The Balaban J connectivity index is 1.99. The molecule has 0 aliphatic carbocycles. The van der Waals surface area contributed by atoms with E-state index < -0.39 is 0 Å². The van der Waals surface area contributed by atoms with Crippen molar-refractivity contribution in [3.05, 3.63) is 28.7 Å². The second-order valence-electron chi connectivity index (χ2n) is 4.15. The topological polar surface area (TPSA) is 50.4 Å². The number of hydrogen-bond donors (Lipinski definition) is 2. The summed E-state index contributed by atoms with van der Waals surface area (Å²) in [4.78, 5) is 11.3. The Kier molecular flexibility index (Phi) is 8.25. The van der Waals surface area contributed by atoms with Crippen LogP contribution in [0.25, 0.3) is 0 Å². The second-order valence-corrected chi connectivity index (χ2v) is 5.07. The van der Waals surface area contributed by atoms with Crippen LogP contribution >= 0.6 is 15.9 Å². The van der Waals surface area contributed by atoms with E-state index in [4.69, 9.17) is 4.74 Å². The molecule has 0 saturated heterocycles. The molecule has 1 aromatic carbocycles. The molecule has 0 aromatic heterocycles. The van der Waals surface area contributed by atoms with E-state index in [0.717, 1.165) is 29.7 Å². The van der Waals surface area contributed by atoms with Gasteiger partial charge in [0.2, 0.25) is 5.91 Å². The minimum atomic E-state index is 0.100. The highest BCUT2D eigenvalue weighted by Gasteiger charge is 1.99. The predicted octanol–water partition coefficient (Wildman–Crippen LogP) is 2.33. The van der Waals surface area contributed by atoms with Crippen LogP contribution < -0.4 is 15.4 Å². The first-order valence-electron chi connectivity index (χ1n) is 6.58. The van der Waals surface area contributed by atoms with E-state index in [1.165, 1.54) is 0 Å². The Morgan fingerprint density at radius 2 is 1.95 bits per heavy atom. The molecule has 0 unspecified atom stereocenters. The zero-order valence-electron chi connectivity index (χ0n) is 11.2. The number of carbonyl (C=O) groups is 1. The van der Waals surface area contributed by atoms with Crippen molar-refractivity contribution in [2.24, 2.45) is 0 Å². The molecule has 19 heavy (non-hydrogen) atoms. The van der Waals surface area contributed by atoms with Crippen LogP contribution in [-0.2, 0) is 4.79 Å². The number of ether oxygens (including phenoxy) is 1. The minimum absolute atomic E-state index is 0.100. The van der Waals surface area contributed by atoms with E-state index in [1.54, 1.807) is 0 Å². The zero-order chi connectivity index (χ0) is 13.9. The summed E-state index contributed by atoms with van der Waals surface area (Å²) in [6.45, 7) is 4.80. The number of amides is 1. The number of hydrogen-bond acceptors (Lipinski definition) is 3. The van der Waals surface area contributed by atoms with Gasteiger partial charge < -0.3 is 15.4 Å².